The van der Waals surface area contributed by atoms with Crippen LogP contribution in [0, 0.1) is 5.92 Å². The van der Waals surface area contributed by atoms with E-state index in [-0.39, 0.29) is 0 Å². The lowest BCUT2D eigenvalue weighted by molar-refractivity contribution is 0.249. The van der Waals surface area contributed by atoms with Gasteiger partial charge in [0, 0.05) is 23.5 Å². The van der Waals surface area contributed by atoms with Crippen molar-refractivity contribution in [1.82, 2.24) is 10.4 Å². The summed E-state index contributed by atoms with van der Waals surface area (Å²) in [7, 11) is 0. The highest BCUT2D eigenvalue weighted by molar-refractivity contribution is 5.89. The van der Waals surface area contributed by atoms with E-state index in [1.54, 1.807) is 6.20 Å². The van der Waals surface area contributed by atoms with E-state index in [0.29, 0.717) is 5.92 Å². The smallest absolute Gasteiger partial charge is 0.332 e. The molecule has 0 aromatic carbocycles. The number of aromatic nitrogens is 1. The second-order valence-electron chi connectivity index (χ2n) is 4.19. The van der Waals surface area contributed by atoms with E-state index in [2.05, 4.69) is 15.5 Å². The van der Waals surface area contributed by atoms with Crippen LogP contribution in [0.3, 0.4) is 0 Å². The molecule has 1 aromatic rings. The molecule has 1 heterocycles. The molecular formula is C12H16N4O. The van der Waals surface area contributed by atoms with Crippen molar-refractivity contribution in [3.63, 3.8) is 0 Å². The second-order valence-corrected chi connectivity index (χ2v) is 4.19. The molecule has 1 fully saturated rings. The number of urea groups is 1. The summed E-state index contributed by atoms with van der Waals surface area (Å²) in [6.07, 6.45) is 5.80. The van der Waals surface area contributed by atoms with Gasteiger partial charge in [0.1, 0.15) is 0 Å². The van der Waals surface area contributed by atoms with Crippen LogP contribution >= 0.6 is 0 Å². The number of amides is 2. The maximum Gasteiger partial charge on any atom is 0.332 e. The van der Waals surface area contributed by atoms with Gasteiger partial charge in [0.05, 0.1) is 0 Å². The van der Waals surface area contributed by atoms with Gasteiger partial charge in [-0.25, -0.2) is 10.2 Å². The first-order valence-electron chi connectivity index (χ1n) is 5.77. The molecule has 2 rings (SSSR count). The van der Waals surface area contributed by atoms with Gasteiger partial charge < -0.3 is 5.73 Å². The summed E-state index contributed by atoms with van der Waals surface area (Å²) < 4.78 is 0. The van der Waals surface area contributed by atoms with Gasteiger partial charge >= 0.3 is 6.03 Å². The van der Waals surface area contributed by atoms with Crippen molar-refractivity contribution in [2.24, 2.45) is 16.8 Å². The van der Waals surface area contributed by atoms with Crippen molar-refractivity contribution >= 4 is 11.7 Å². The zero-order valence-electron chi connectivity index (χ0n) is 9.60. The van der Waals surface area contributed by atoms with Crippen LogP contribution in [0.5, 0.6) is 0 Å². The lowest BCUT2D eigenvalue weighted by Gasteiger charge is -2.10. The number of hydrogen-bond donors (Lipinski definition) is 2. The summed E-state index contributed by atoms with van der Waals surface area (Å²) in [5.74, 6) is 0.372. The molecule has 17 heavy (non-hydrogen) atoms. The highest BCUT2D eigenvalue weighted by atomic mass is 16.2. The maximum atomic E-state index is 10.6. The number of primary amides is 1. The van der Waals surface area contributed by atoms with Crippen molar-refractivity contribution < 1.29 is 4.79 Å². The average molecular weight is 232 g/mol. The molecule has 0 bridgehead atoms. The Morgan fingerprint density at radius 1 is 1.59 bits per heavy atom. The normalized spacial score (nSPS) is 21.6. The number of nitrogens with two attached hydrogens (primary N) is 1. The quantitative estimate of drug-likeness (QED) is 0.773. The molecule has 2 amide bonds. The van der Waals surface area contributed by atoms with E-state index in [0.717, 1.165) is 37.1 Å². The number of carbonyl (C=O) groups excluding carboxylic acids is 1. The minimum absolute atomic E-state index is 0.372. The SMILES string of the molecule is NC(=O)NN=C1CCCC1Cc1ccccn1. The number of nitrogens with one attached hydrogen (secondary N) is 1. The van der Waals surface area contributed by atoms with Crippen LogP contribution in [-0.2, 0) is 6.42 Å². The summed E-state index contributed by atoms with van der Waals surface area (Å²) >= 11 is 0. The highest BCUT2D eigenvalue weighted by Crippen LogP contribution is 2.25. The van der Waals surface area contributed by atoms with Crippen LogP contribution in [0.25, 0.3) is 0 Å². The third-order valence-electron chi connectivity index (χ3n) is 2.95. The van der Waals surface area contributed by atoms with Gasteiger partial charge in [-0.1, -0.05) is 6.07 Å². The van der Waals surface area contributed by atoms with Gasteiger partial charge in [-0.3, -0.25) is 4.98 Å². The molecule has 5 nitrogen and oxygen atoms in total. The Balaban J connectivity index is 2.00. The average Bonchev–Trinajstić information content (AvgIpc) is 2.75. The monoisotopic (exact) mass is 232 g/mol. The zero-order chi connectivity index (χ0) is 12.1. The molecule has 3 N–H and O–H groups in total. The van der Waals surface area contributed by atoms with Crippen molar-refractivity contribution in [1.29, 1.82) is 0 Å². The number of pyridine rings is 1. The summed E-state index contributed by atoms with van der Waals surface area (Å²) in [4.78, 5) is 14.9. The number of hydrogen-bond acceptors (Lipinski definition) is 3. The summed E-state index contributed by atoms with van der Waals surface area (Å²) in [6, 6.07) is 5.29. The molecule has 1 saturated carbocycles. The molecule has 1 aromatic heterocycles. The lowest BCUT2D eigenvalue weighted by atomic mass is 10.00. The Morgan fingerprint density at radius 3 is 3.18 bits per heavy atom. The summed E-state index contributed by atoms with van der Waals surface area (Å²) in [5, 5.41) is 4.06. The standard InChI is InChI=1S/C12H16N4O/c13-12(17)16-15-11-6-3-4-9(11)8-10-5-1-2-7-14-10/h1-2,5,7,9H,3-4,6,8H2,(H3,13,16,17). The van der Waals surface area contributed by atoms with Crippen LogP contribution in [0.15, 0.2) is 29.5 Å². The van der Waals surface area contributed by atoms with Crippen LogP contribution in [0.2, 0.25) is 0 Å². The minimum atomic E-state index is -0.610. The number of nitrogens with zero attached hydrogens (tertiary/aromatic N) is 2. The predicted molar refractivity (Wildman–Crippen MR) is 65.4 cm³/mol. The van der Waals surface area contributed by atoms with Gasteiger partial charge in [-0.05, 0) is 37.8 Å². The van der Waals surface area contributed by atoms with Crippen LogP contribution in [0.4, 0.5) is 4.79 Å². The van der Waals surface area contributed by atoms with E-state index < -0.39 is 6.03 Å². The lowest BCUT2D eigenvalue weighted by Crippen LogP contribution is -2.26. The minimum Gasteiger partial charge on any atom is -0.350 e. The molecule has 1 aliphatic rings. The van der Waals surface area contributed by atoms with E-state index in [4.69, 9.17) is 5.73 Å². The first-order valence-corrected chi connectivity index (χ1v) is 5.77. The fourth-order valence-electron chi connectivity index (χ4n) is 2.17. The van der Waals surface area contributed by atoms with Crippen molar-refractivity contribution in [3.8, 4) is 0 Å². The fourth-order valence-corrected chi connectivity index (χ4v) is 2.17. The van der Waals surface area contributed by atoms with E-state index in [9.17, 15) is 4.79 Å². The molecule has 1 unspecified atom stereocenters. The van der Waals surface area contributed by atoms with Crippen LogP contribution < -0.4 is 11.2 Å². The maximum absolute atomic E-state index is 10.6. The van der Waals surface area contributed by atoms with Crippen molar-refractivity contribution in [3.05, 3.63) is 30.1 Å². The molecule has 0 radical (unpaired) electrons. The molecule has 0 spiro atoms. The molecule has 5 heteroatoms. The third-order valence-corrected chi connectivity index (χ3v) is 2.95. The van der Waals surface area contributed by atoms with Gasteiger partial charge in [-0.2, -0.15) is 5.10 Å². The first kappa shape index (κ1) is 11.6. The number of hydrazone groups is 1. The Hall–Kier alpha value is -1.91. The van der Waals surface area contributed by atoms with E-state index in [1.165, 1.54) is 0 Å². The largest absolute Gasteiger partial charge is 0.350 e. The van der Waals surface area contributed by atoms with Gasteiger partial charge in [0.15, 0.2) is 0 Å². The highest BCUT2D eigenvalue weighted by Gasteiger charge is 2.23. The molecule has 1 aliphatic carbocycles. The topological polar surface area (TPSA) is 80.4 Å². The molecule has 0 aliphatic heterocycles. The number of rotatable bonds is 3. The summed E-state index contributed by atoms with van der Waals surface area (Å²) in [5.41, 5.74) is 9.39. The van der Waals surface area contributed by atoms with Crippen LogP contribution in [-0.4, -0.2) is 16.7 Å². The Kier molecular flexibility index (Phi) is 3.69. The predicted octanol–water partition coefficient (Wildman–Crippen LogP) is 1.45. The van der Waals surface area contributed by atoms with Gasteiger partial charge in [0.25, 0.3) is 0 Å². The second kappa shape index (κ2) is 5.43. The van der Waals surface area contributed by atoms with Gasteiger partial charge in [-0.15, -0.1) is 0 Å². The Bertz CT molecular complexity index is 416. The molecule has 1 atom stereocenters. The number of carbonyl (C=O) groups is 1. The van der Waals surface area contributed by atoms with E-state index >= 15 is 0 Å². The third kappa shape index (κ3) is 3.27. The van der Waals surface area contributed by atoms with Crippen molar-refractivity contribution in [2.75, 3.05) is 0 Å². The Labute approximate surface area is 100 Å². The molecule has 0 saturated heterocycles. The van der Waals surface area contributed by atoms with Crippen molar-refractivity contribution in [2.45, 2.75) is 25.7 Å². The van der Waals surface area contributed by atoms with E-state index in [1.807, 2.05) is 18.2 Å². The molecule has 90 valence electrons. The summed E-state index contributed by atoms with van der Waals surface area (Å²) in [6.45, 7) is 0. The van der Waals surface area contributed by atoms with Crippen LogP contribution in [0.1, 0.15) is 25.0 Å². The molecular weight excluding hydrogens is 216 g/mol. The first-order chi connectivity index (χ1) is 8.25. The van der Waals surface area contributed by atoms with Gasteiger partial charge in [0.2, 0.25) is 0 Å². The fraction of sp³-hybridized carbons (Fsp3) is 0.417. The Morgan fingerprint density at radius 2 is 2.47 bits per heavy atom. The zero-order valence-corrected chi connectivity index (χ0v) is 9.60.